The van der Waals surface area contributed by atoms with Gasteiger partial charge in [0.05, 0.1) is 40.4 Å². The molecule has 1 amide bonds. The number of aromatic nitrogens is 4. The quantitative estimate of drug-likeness (QED) is 0.239. The normalized spacial score (nSPS) is 20.0. The fourth-order valence-corrected chi connectivity index (χ4v) is 8.00. The number of fused-ring (bicyclic) bond motifs is 5. The van der Waals surface area contributed by atoms with Crippen molar-refractivity contribution < 1.29 is 22.7 Å². The minimum absolute atomic E-state index is 0.0617. The summed E-state index contributed by atoms with van der Waals surface area (Å²) in [4.78, 5) is 25.9. The lowest BCUT2D eigenvalue weighted by Gasteiger charge is -2.22. The van der Waals surface area contributed by atoms with Gasteiger partial charge in [0, 0.05) is 42.1 Å². The summed E-state index contributed by atoms with van der Waals surface area (Å²) >= 11 is 1.39. The molecule has 12 heteroatoms. The number of thiophene rings is 1. The number of nitrogens with zero attached hydrogens (tertiary/aromatic N) is 5. The number of anilines is 1. The molecule has 0 radical (unpaired) electrons. The first kappa shape index (κ1) is 26.2. The van der Waals surface area contributed by atoms with Crippen LogP contribution in [0.5, 0.6) is 5.75 Å². The second-order valence-corrected chi connectivity index (χ2v) is 12.3. The number of benzene rings is 1. The Bertz CT molecular complexity index is 1970. The molecule has 9 nitrogen and oxygen atoms in total. The maximum atomic E-state index is 15.5. The van der Waals surface area contributed by atoms with Gasteiger partial charge in [-0.3, -0.25) is 9.78 Å². The maximum Gasteiger partial charge on any atom is 0.276 e. The lowest BCUT2D eigenvalue weighted by molar-refractivity contribution is -0.00734. The molecule has 1 saturated heterocycles. The maximum absolute atomic E-state index is 15.5. The molecule has 2 unspecified atom stereocenters. The van der Waals surface area contributed by atoms with Crippen molar-refractivity contribution in [3.8, 4) is 27.6 Å². The van der Waals surface area contributed by atoms with E-state index in [1.165, 1.54) is 18.4 Å². The Morgan fingerprint density at radius 1 is 1.16 bits per heavy atom. The van der Waals surface area contributed by atoms with Crippen LogP contribution < -0.4 is 10.1 Å². The number of halogens is 2. The van der Waals surface area contributed by atoms with E-state index >= 15 is 8.78 Å². The predicted molar refractivity (Wildman–Crippen MR) is 157 cm³/mol. The Kier molecular flexibility index (Phi) is 5.65. The van der Waals surface area contributed by atoms with Crippen LogP contribution in [0.4, 0.5) is 14.6 Å². The Morgan fingerprint density at radius 2 is 2.02 bits per heavy atom. The summed E-state index contributed by atoms with van der Waals surface area (Å²) in [7, 11) is 1.49. The highest BCUT2D eigenvalue weighted by Crippen LogP contribution is 2.52. The standard InChI is InChI=1S/C31H26F2N6O3S/c1-14-22(29-38-37-15(2)42-29)23(24-25(35-14)19-7-5-11-39(19)30(24)40)21-12-16-9-10-34-28(26(16)43-21)36-27-17-6-4-8-20(41-3)18(17)13-31(27,32)33/h4,6,8-10,12,19,27H,5,7,11,13H2,1-3H3,(H,34,36). The number of methoxy groups -OCH3 is 1. The fourth-order valence-electron chi connectivity index (χ4n) is 6.84. The zero-order valence-corrected chi connectivity index (χ0v) is 24.4. The topological polar surface area (TPSA) is 106 Å². The second-order valence-electron chi connectivity index (χ2n) is 11.2. The number of hydrogen-bond acceptors (Lipinski definition) is 9. The Labute approximate surface area is 248 Å². The molecule has 1 aromatic carbocycles. The van der Waals surface area contributed by atoms with E-state index in [-0.39, 0.29) is 17.8 Å². The minimum Gasteiger partial charge on any atom is -0.496 e. The molecular weight excluding hydrogens is 574 g/mol. The summed E-state index contributed by atoms with van der Waals surface area (Å²) in [5.74, 6) is -1.64. The van der Waals surface area contributed by atoms with E-state index < -0.39 is 18.4 Å². The number of carbonyl (C=O) groups is 1. The van der Waals surface area contributed by atoms with Gasteiger partial charge in [-0.25, -0.2) is 13.8 Å². The number of nitrogens with one attached hydrogen (secondary N) is 1. The lowest BCUT2D eigenvalue weighted by Crippen LogP contribution is -2.28. The molecule has 6 heterocycles. The van der Waals surface area contributed by atoms with E-state index in [2.05, 4.69) is 20.5 Å². The molecule has 2 atom stereocenters. The van der Waals surface area contributed by atoms with Gasteiger partial charge in [0.1, 0.15) is 17.6 Å². The molecule has 1 N–H and O–H groups in total. The number of carbonyl (C=O) groups excluding carboxylic acids is 1. The van der Waals surface area contributed by atoms with Crippen molar-refractivity contribution in [2.24, 2.45) is 0 Å². The van der Waals surface area contributed by atoms with Gasteiger partial charge in [0.2, 0.25) is 11.8 Å². The Morgan fingerprint density at radius 3 is 2.81 bits per heavy atom. The third kappa shape index (κ3) is 3.81. The van der Waals surface area contributed by atoms with Gasteiger partial charge in [0.25, 0.3) is 11.8 Å². The third-order valence-corrected chi connectivity index (χ3v) is 9.86. The van der Waals surface area contributed by atoms with Gasteiger partial charge >= 0.3 is 0 Å². The summed E-state index contributed by atoms with van der Waals surface area (Å²) in [6, 6.07) is 7.60. The monoisotopic (exact) mass is 600 g/mol. The summed E-state index contributed by atoms with van der Waals surface area (Å²) in [5.41, 5.74) is 4.25. The zero-order chi connectivity index (χ0) is 29.6. The number of pyridine rings is 2. The first-order valence-electron chi connectivity index (χ1n) is 14.1. The molecule has 0 spiro atoms. The highest BCUT2D eigenvalue weighted by Gasteiger charge is 2.49. The second kappa shape index (κ2) is 9.27. The van der Waals surface area contributed by atoms with Gasteiger partial charge in [0.15, 0.2) is 0 Å². The summed E-state index contributed by atoms with van der Waals surface area (Å²) in [6.45, 7) is 4.28. The van der Waals surface area contributed by atoms with Crippen molar-refractivity contribution in [2.45, 2.75) is 51.1 Å². The fraction of sp³-hybridized carbons (Fsp3) is 0.323. The number of aryl methyl sites for hydroxylation is 2. The van der Waals surface area contributed by atoms with Crippen LogP contribution in [0.1, 0.15) is 63.7 Å². The van der Waals surface area contributed by atoms with Gasteiger partial charge in [-0.1, -0.05) is 12.1 Å². The van der Waals surface area contributed by atoms with E-state index in [1.54, 1.807) is 31.3 Å². The molecule has 4 aromatic heterocycles. The van der Waals surface area contributed by atoms with E-state index in [0.29, 0.717) is 62.2 Å². The molecule has 3 aliphatic rings. The summed E-state index contributed by atoms with van der Waals surface area (Å²) < 4.78 is 42.8. The zero-order valence-electron chi connectivity index (χ0n) is 23.6. The van der Waals surface area contributed by atoms with Crippen LogP contribution in [0.15, 0.2) is 40.9 Å². The van der Waals surface area contributed by atoms with Crippen LogP contribution in [0.3, 0.4) is 0 Å². The number of hydrogen-bond donors (Lipinski definition) is 1. The average molecular weight is 601 g/mol. The van der Waals surface area contributed by atoms with Gasteiger partial charge in [-0.2, -0.15) is 0 Å². The molecule has 43 heavy (non-hydrogen) atoms. The SMILES string of the molecule is COc1cccc2c1CC(F)(F)C2Nc1nccc2cc(-c3c4c(nc(C)c3-c3nnc(C)o3)C3CCCN3C4=O)sc12. The molecule has 218 valence electrons. The molecule has 2 aliphatic heterocycles. The number of ether oxygens (including phenoxy) is 1. The number of rotatable bonds is 5. The van der Waals surface area contributed by atoms with E-state index in [0.717, 1.165) is 28.8 Å². The van der Waals surface area contributed by atoms with E-state index in [1.807, 2.05) is 24.0 Å². The molecule has 5 aromatic rings. The smallest absolute Gasteiger partial charge is 0.276 e. The van der Waals surface area contributed by atoms with Gasteiger partial charge in [-0.05, 0) is 48.9 Å². The third-order valence-electron chi connectivity index (χ3n) is 8.69. The van der Waals surface area contributed by atoms with Crippen molar-refractivity contribution in [1.82, 2.24) is 25.1 Å². The number of amides is 1. The molecular formula is C31H26F2N6O3S. The average Bonchev–Trinajstić information content (AvgIpc) is 3.79. The lowest BCUT2D eigenvalue weighted by atomic mass is 9.95. The molecule has 1 aliphatic carbocycles. The summed E-state index contributed by atoms with van der Waals surface area (Å²) in [6.07, 6.45) is 2.97. The largest absolute Gasteiger partial charge is 0.496 e. The van der Waals surface area contributed by atoms with Crippen LogP contribution in [-0.4, -0.2) is 50.5 Å². The van der Waals surface area contributed by atoms with Crippen LogP contribution in [0.25, 0.3) is 32.0 Å². The highest BCUT2D eigenvalue weighted by atomic mass is 32.1. The van der Waals surface area contributed by atoms with Crippen molar-refractivity contribution in [3.63, 3.8) is 0 Å². The minimum atomic E-state index is -3.05. The van der Waals surface area contributed by atoms with Crippen LogP contribution in [-0.2, 0) is 6.42 Å². The van der Waals surface area contributed by atoms with Crippen molar-refractivity contribution >= 4 is 33.1 Å². The van der Waals surface area contributed by atoms with Crippen molar-refractivity contribution in [2.75, 3.05) is 19.0 Å². The first-order valence-corrected chi connectivity index (χ1v) is 14.9. The van der Waals surface area contributed by atoms with Gasteiger partial charge < -0.3 is 19.4 Å². The first-order chi connectivity index (χ1) is 20.7. The van der Waals surface area contributed by atoms with Gasteiger partial charge in [-0.15, -0.1) is 21.5 Å². The Hall–Kier alpha value is -4.45. The molecule has 0 saturated carbocycles. The van der Waals surface area contributed by atoms with Crippen molar-refractivity contribution in [1.29, 1.82) is 0 Å². The highest BCUT2D eigenvalue weighted by molar-refractivity contribution is 7.23. The van der Waals surface area contributed by atoms with Crippen LogP contribution in [0, 0.1) is 13.8 Å². The molecule has 0 bridgehead atoms. The Balaban J connectivity index is 1.30. The van der Waals surface area contributed by atoms with Crippen LogP contribution >= 0.6 is 11.3 Å². The molecule has 8 rings (SSSR count). The van der Waals surface area contributed by atoms with Crippen LogP contribution in [0.2, 0.25) is 0 Å². The van der Waals surface area contributed by atoms with E-state index in [9.17, 15) is 4.79 Å². The predicted octanol–water partition coefficient (Wildman–Crippen LogP) is 6.67. The van der Waals surface area contributed by atoms with E-state index in [4.69, 9.17) is 14.1 Å². The molecule has 1 fully saturated rings. The summed E-state index contributed by atoms with van der Waals surface area (Å²) in [5, 5.41) is 12.2. The van der Waals surface area contributed by atoms with Crippen molar-refractivity contribution in [3.05, 3.63) is 70.5 Å². The number of alkyl halides is 2.